The van der Waals surface area contributed by atoms with E-state index in [2.05, 4.69) is 32.0 Å². The highest BCUT2D eigenvalue weighted by Crippen LogP contribution is 2.31. The second-order valence-electron chi connectivity index (χ2n) is 7.93. The number of piperazine rings is 1. The van der Waals surface area contributed by atoms with Crippen LogP contribution in [-0.2, 0) is 7.05 Å². The van der Waals surface area contributed by atoms with E-state index in [1.54, 1.807) is 24.0 Å². The number of nitrogens with one attached hydrogen (secondary N) is 1. The Morgan fingerprint density at radius 2 is 1.96 bits per heavy atom. The molecule has 1 aliphatic carbocycles. The number of nitrogens with zero attached hydrogens (tertiary/aromatic N) is 5. The zero-order chi connectivity index (χ0) is 19.2. The Hall–Kier alpha value is -1.32. The van der Waals surface area contributed by atoms with E-state index in [0.29, 0.717) is 5.82 Å². The second-order valence-corrected chi connectivity index (χ2v) is 7.93. The monoisotopic (exact) mass is 502 g/mol. The number of halogens is 1. The SMILES string of the molecule is CN=C(NCCC1CCCCC1C)N1CCN(c2nccn(C)c2=O)CC1.I. The third-order valence-electron chi connectivity index (χ3n) is 6.18. The summed E-state index contributed by atoms with van der Waals surface area (Å²) in [4.78, 5) is 25.4. The maximum atomic E-state index is 12.3. The first-order chi connectivity index (χ1) is 13.1. The van der Waals surface area contributed by atoms with Crippen molar-refractivity contribution in [1.82, 2.24) is 19.8 Å². The van der Waals surface area contributed by atoms with E-state index in [1.807, 2.05) is 7.05 Å². The zero-order valence-corrected chi connectivity index (χ0v) is 19.8. The molecule has 2 fully saturated rings. The zero-order valence-electron chi connectivity index (χ0n) is 17.4. The van der Waals surface area contributed by atoms with Gasteiger partial charge in [-0.05, 0) is 18.3 Å². The number of rotatable bonds is 4. The Morgan fingerprint density at radius 3 is 2.64 bits per heavy atom. The van der Waals surface area contributed by atoms with Crippen molar-refractivity contribution in [2.75, 3.05) is 44.7 Å². The number of hydrogen-bond acceptors (Lipinski definition) is 4. The summed E-state index contributed by atoms with van der Waals surface area (Å²) in [5, 5.41) is 3.56. The van der Waals surface area contributed by atoms with Gasteiger partial charge in [0, 0.05) is 59.2 Å². The molecule has 1 N–H and O–H groups in total. The number of anilines is 1. The van der Waals surface area contributed by atoms with Crippen LogP contribution in [0.2, 0.25) is 0 Å². The molecule has 28 heavy (non-hydrogen) atoms. The van der Waals surface area contributed by atoms with Crippen molar-refractivity contribution in [3.05, 3.63) is 22.7 Å². The van der Waals surface area contributed by atoms with E-state index >= 15 is 0 Å². The maximum absolute atomic E-state index is 12.3. The molecule has 2 aliphatic rings. The molecule has 2 atom stereocenters. The lowest BCUT2D eigenvalue weighted by Crippen LogP contribution is -2.53. The first-order valence-electron chi connectivity index (χ1n) is 10.3. The van der Waals surface area contributed by atoms with Gasteiger partial charge in [-0.1, -0.05) is 32.6 Å². The van der Waals surface area contributed by atoms with Gasteiger partial charge in [-0.15, -0.1) is 24.0 Å². The van der Waals surface area contributed by atoms with Crippen LogP contribution < -0.4 is 15.8 Å². The van der Waals surface area contributed by atoms with E-state index in [4.69, 9.17) is 0 Å². The van der Waals surface area contributed by atoms with E-state index in [9.17, 15) is 4.79 Å². The number of aliphatic imine (C=N–C) groups is 1. The van der Waals surface area contributed by atoms with Gasteiger partial charge in [-0.25, -0.2) is 4.98 Å². The lowest BCUT2D eigenvalue weighted by Gasteiger charge is -2.37. The number of aryl methyl sites for hydroxylation is 1. The van der Waals surface area contributed by atoms with Crippen LogP contribution in [0, 0.1) is 11.8 Å². The van der Waals surface area contributed by atoms with Gasteiger partial charge in [-0.3, -0.25) is 9.79 Å². The highest BCUT2D eigenvalue weighted by molar-refractivity contribution is 14.0. The molecular formula is C20H35IN6O. The van der Waals surface area contributed by atoms with Crippen molar-refractivity contribution in [2.45, 2.75) is 39.0 Å². The van der Waals surface area contributed by atoms with Crippen molar-refractivity contribution < 1.29 is 0 Å². The maximum Gasteiger partial charge on any atom is 0.293 e. The molecule has 0 amide bonds. The summed E-state index contributed by atoms with van der Waals surface area (Å²) < 4.78 is 1.58. The quantitative estimate of drug-likeness (QED) is 0.389. The van der Waals surface area contributed by atoms with Gasteiger partial charge < -0.3 is 19.7 Å². The molecule has 0 aromatic carbocycles. The first-order valence-corrected chi connectivity index (χ1v) is 10.3. The molecule has 158 valence electrons. The summed E-state index contributed by atoms with van der Waals surface area (Å²) >= 11 is 0. The van der Waals surface area contributed by atoms with E-state index in [-0.39, 0.29) is 29.5 Å². The molecule has 3 rings (SSSR count). The van der Waals surface area contributed by atoms with Gasteiger partial charge in [0.15, 0.2) is 11.8 Å². The van der Waals surface area contributed by atoms with Crippen LogP contribution in [0.4, 0.5) is 5.82 Å². The summed E-state index contributed by atoms with van der Waals surface area (Å²) in [5.41, 5.74) is -0.0324. The highest BCUT2D eigenvalue weighted by atomic mass is 127. The molecular weight excluding hydrogens is 467 g/mol. The summed E-state index contributed by atoms with van der Waals surface area (Å²) in [6.45, 7) is 6.65. The molecule has 2 unspecified atom stereocenters. The number of aromatic nitrogens is 2. The fourth-order valence-electron chi connectivity index (χ4n) is 4.36. The molecule has 0 spiro atoms. The smallest absolute Gasteiger partial charge is 0.293 e. The van der Waals surface area contributed by atoms with Crippen LogP contribution in [-0.4, -0.2) is 60.2 Å². The Bertz CT molecular complexity index is 698. The van der Waals surface area contributed by atoms with E-state index in [1.165, 1.54) is 32.1 Å². The van der Waals surface area contributed by atoms with Crippen LogP contribution in [0.5, 0.6) is 0 Å². The number of hydrogen-bond donors (Lipinski definition) is 1. The molecule has 2 heterocycles. The van der Waals surface area contributed by atoms with Gasteiger partial charge in [0.05, 0.1) is 0 Å². The van der Waals surface area contributed by atoms with Gasteiger partial charge >= 0.3 is 0 Å². The van der Waals surface area contributed by atoms with Gasteiger partial charge in [0.2, 0.25) is 0 Å². The lowest BCUT2D eigenvalue weighted by molar-refractivity contribution is 0.242. The van der Waals surface area contributed by atoms with E-state index in [0.717, 1.165) is 50.5 Å². The van der Waals surface area contributed by atoms with Gasteiger partial charge in [0.1, 0.15) is 0 Å². The molecule has 7 nitrogen and oxygen atoms in total. The minimum absolute atomic E-state index is 0. The molecule has 1 aromatic heterocycles. The first kappa shape index (κ1) is 23.0. The Morgan fingerprint density at radius 1 is 1.25 bits per heavy atom. The summed E-state index contributed by atoms with van der Waals surface area (Å²) in [7, 11) is 3.62. The van der Waals surface area contributed by atoms with Gasteiger partial charge in [0.25, 0.3) is 5.56 Å². The average Bonchev–Trinajstić information content (AvgIpc) is 2.69. The predicted octanol–water partition coefficient (Wildman–Crippen LogP) is 2.31. The minimum Gasteiger partial charge on any atom is -0.356 e. The second kappa shape index (κ2) is 11.0. The predicted molar refractivity (Wildman–Crippen MR) is 126 cm³/mol. The molecule has 8 heteroatoms. The van der Waals surface area contributed by atoms with Crippen molar-refractivity contribution in [1.29, 1.82) is 0 Å². The highest BCUT2D eigenvalue weighted by Gasteiger charge is 2.24. The number of guanidine groups is 1. The summed E-state index contributed by atoms with van der Waals surface area (Å²) in [6.07, 6.45) is 10.2. The third kappa shape index (κ3) is 5.61. The normalized spacial score (nSPS) is 23.3. The van der Waals surface area contributed by atoms with Crippen LogP contribution >= 0.6 is 24.0 Å². The van der Waals surface area contributed by atoms with Gasteiger partial charge in [-0.2, -0.15) is 0 Å². The summed E-state index contributed by atoms with van der Waals surface area (Å²) in [6, 6.07) is 0. The fourth-order valence-corrected chi connectivity index (χ4v) is 4.36. The van der Waals surface area contributed by atoms with Crippen LogP contribution in [0.15, 0.2) is 22.2 Å². The van der Waals surface area contributed by atoms with Crippen LogP contribution in [0.25, 0.3) is 0 Å². The van der Waals surface area contributed by atoms with Crippen LogP contribution in [0.3, 0.4) is 0 Å². The van der Waals surface area contributed by atoms with Crippen molar-refractivity contribution >= 4 is 35.8 Å². The largest absolute Gasteiger partial charge is 0.356 e. The molecule has 1 saturated carbocycles. The van der Waals surface area contributed by atoms with Crippen molar-refractivity contribution in [3.63, 3.8) is 0 Å². The third-order valence-corrected chi connectivity index (χ3v) is 6.18. The Balaban J connectivity index is 0.00000280. The average molecular weight is 502 g/mol. The van der Waals surface area contributed by atoms with Crippen LogP contribution in [0.1, 0.15) is 39.0 Å². The molecule has 1 aromatic rings. The minimum atomic E-state index is -0.0324. The molecule has 1 aliphatic heterocycles. The fraction of sp³-hybridized carbons (Fsp3) is 0.750. The Kier molecular flexibility index (Phi) is 9.04. The summed E-state index contributed by atoms with van der Waals surface area (Å²) in [5.74, 6) is 3.23. The topological polar surface area (TPSA) is 65.8 Å². The standard InChI is InChI=1S/C20H34N6O.HI/c1-16-6-4-5-7-17(16)8-9-23-20(21-2)26-14-12-25(13-15-26)18-19(27)24(3)11-10-22-18;/h10-11,16-17H,4-9,12-15H2,1-3H3,(H,21,23);1H. The van der Waals surface area contributed by atoms with E-state index < -0.39 is 0 Å². The molecule has 0 radical (unpaired) electrons. The lowest BCUT2D eigenvalue weighted by atomic mass is 9.79. The molecule has 1 saturated heterocycles. The molecule has 0 bridgehead atoms. The Labute approximate surface area is 185 Å². The van der Waals surface area contributed by atoms with Crippen molar-refractivity contribution in [2.24, 2.45) is 23.9 Å². The van der Waals surface area contributed by atoms with Crippen molar-refractivity contribution in [3.8, 4) is 0 Å².